The summed E-state index contributed by atoms with van der Waals surface area (Å²) in [6.45, 7) is 1.80. The summed E-state index contributed by atoms with van der Waals surface area (Å²) in [4.78, 5) is 21.1. The quantitative estimate of drug-likeness (QED) is 0.524. The molecule has 0 aliphatic rings. The normalized spacial score (nSPS) is 17.1. The minimum atomic E-state index is -1.03. The smallest absolute Gasteiger partial charge is 0.316 e. The Bertz CT molecular complexity index is 219. The summed E-state index contributed by atoms with van der Waals surface area (Å²) < 4.78 is 0. The third kappa shape index (κ3) is 4.23. The van der Waals surface area contributed by atoms with Crippen molar-refractivity contribution < 1.29 is 19.8 Å². The minimum Gasteiger partial charge on any atom is -0.480 e. The van der Waals surface area contributed by atoms with Gasteiger partial charge in [0.2, 0.25) is 0 Å². The fourth-order valence-corrected chi connectivity index (χ4v) is 1.71. The lowest BCUT2D eigenvalue weighted by atomic mass is 9.96. The van der Waals surface area contributed by atoms with Crippen molar-refractivity contribution in [1.29, 1.82) is 0 Å². The Morgan fingerprint density at radius 2 is 1.71 bits per heavy atom. The fraction of sp³-hybridized carbons (Fsp3) is 0.750. The van der Waals surface area contributed by atoms with E-state index >= 15 is 0 Å². The number of hydrogen-bond acceptors (Lipinski definition) is 4. The SMILES string of the molecule is CCC(CC(S)C(=O)O)C(S)C(=O)O. The Labute approximate surface area is 93.5 Å². The number of thiol groups is 2. The van der Waals surface area contributed by atoms with Gasteiger partial charge in [0.15, 0.2) is 0 Å². The van der Waals surface area contributed by atoms with Crippen LogP contribution in [0.3, 0.4) is 0 Å². The maximum absolute atomic E-state index is 10.6. The van der Waals surface area contributed by atoms with Gasteiger partial charge in [0.25, 0.3) is 0 Å². The van der Waals surface area contributed by atoms with Crippen molar-refractivity contribution in [2.75, 3.05) is 0 Å². The highest BCUT2D eigenvalue weighted by molar-refractivity contribution is 7.82. The molecule has 0 bridgehead atoms. The zero-order chi connectivity index (χ0) is 11.3. The molecule has 0 aliphatic carbocycles. The van der Waals surface area contributed by atoms with E-state index in [1.807, 2.05) is 0 Å². The van der Waals surface area contributed by atoms with Crippen molar-refractivity contribution >= 4 is 37.2 Å². The van der Waals surface area contributed by atoms with Crippen molar-refractivity contribution in [1.82, 2.24) is 0 Å². The largest absolute Gasteiger partial charge is 0.480 e. The Morgan fingerprint density at radius 3 is 2.00 bits per heavy atom. The lowest BCUT2D eigenvalue weighted by Gasteiger charge is -2.19. The van der Waals surface area contributed by atoms with Crippen LogP contribution < -0.4 is 0 Å². The maximum atomic E-state index is 10.6. The van der Waals surface area contributed by atoms with Gasteiger partial charge in [0.1, 0.15) is 5.25 Å². The van der Waals surface area contributed by atoms with E-state index in [1.54, 1.807) is 6.92 Å². The predicted octanol–water partition coefficient (Wildman–Crippen LogP) is 1.17. The molecule has 0 aromatic rings. The summed E-state index contributed by atoms with van der Waals surface area (Å²) >= 11 is 7.77. The number of carboxylic acids is 2. The topological polar surface area (TPSA) is 74.6 Å². The van der Waals surface area contributed by atoms with E-state index in [-0.39, 0.29) is 12.3 Å². The molecule has 2 N–H and O–H groups in total. The molecular formula is C8H14O4S2. The van der Waals surface area contributed by atoms with E-state index in [1.165, 1.54) is 0 Å². The second-order valence-corrected chi connectivity index (χ2v) is 4.22. The van der Waals surface area contributed by atoms with Crippen molar-refractivity contribution in [3.63, 3.8) is 0 Å². The van der Waals surface area contributed by atoms with Gasteiger partial charge in [-0.05, 0) is 12.3 Å². The minimum absolute atomic E-state index is 0.218. The monoisotopic (exact) mass is 238 g/mol. The van der Waals surface area contributed by atoms with Crippen LogP contribution in [0, 0.1) is 5.92 Å². The first kappa shape index (κ1) is 13.6. The van der Waals surface area contributed by atoms with Gasteiger partial charge < -0.3 is 10.2 Å². The summed E-state index contributed by atoms with van der Waals surface area (Å²) in [5, 5.41) is 15.6. The van der Waals surface area contributed by atoms with Crippen LogP contribution >= 0.6 is 25.3 Å². The molecule has 82 valence electrons. The molecule has 0 heterocycles. The molecule has 3 atom stereocenters. The molecule has 0 aliphatic heterocycles. The average molecular weight is 238 g/mol. The molecule has 0 aromatic heterocycles. The molecule has 0 radical (unpaired) electrons. The highest BCUT2D eigenvalue weighted by atomic mass is 32.1. The maximum Gasteiger partial charge on any atom is 0.316 e. The van der Waals surface area contributed by atoms with Crippen LogP contribution in [0.15, 0.2) is 0 Å². The zero-order valence-corrected chi connectivity index (χ0v) is 9.54. The van der Waals surface area contributed by atoms with Gasteiger partial charge in [0, 0.05) is 0 Å². The summed E-state index contributed by atoms with van der Waals surface area (Å²) in [5.41, 5.74) is 0. The van der Waals surface area contributed by atoms with Gasteiger partial charge in [-0.15, -0.1) is 0 Å². The second-order valence-electron chi connectivity index (χ2n) is 3.04. The second kappa shape index (κ2) is 6.19. The van der Waals surface area contributed by atoms with Crippen LogP contribution in [0.25, 0.3) is 0 Å². The number of carboxylic acid groups (broad SMARTS) is 2. The molecular weight excluding hydrogens is 224 g/mol. The summed E-state index contributed by atoms with van der Waals surface area (Å²) in [6.07, 6.45) is 0.792. The van der Waals surface area contributed by atoms with Gasteiger partial charge in [-0.25, -0.2) is 0 Å². The van der Waals surface area contributed by atoms with Crippen LogP contribution in [-0.2, 0) is 9.59 Å². The molecule has 0 aromatic carbocycles. The molecule has 6 heteroatoms. The molecule has 0 saturated heterocycles. The van der Waals surface area contributed by atoms with Gasteiger partial charge in [0.05, 0.1) is 5.25 Å². The third-order valence-corrected chi connectivity index (χ3v) is 3.11. The number of carbonyl (C=O) groups is 2. The summed E-state index contributed by atoms with van der Waals surface area (Å²) in [5.74, 6) is -2.32. The number of hydrogen-bond donors (Lipinski definition) is 4. The van der Waals surface area contributed by atoms with Gasteiger partial charge in [-0.2, -0.15) is 25.3 Å². The van der Waals surface area contributed by atoms with Gasteiger partial charge >= 0.3 is 11.9 Å². The molecule has 0 rings (SSSR count). The highest BCUT2D eigenvalue weighted by Crippen LogP contribution is 2.22. The molecule has 4 nitrogen and oxygen atoms in total. The molecule has 0 saturated carbocycles. The Kier molecular flexibility index (Phi) is 6.03. The van der Waals surface area contributed by atoms with Gasteiger partial charge in [-0.3, -0.25) is 9.59 Å². The average Bonchev–Trinajstić information content (AvgIpc) is 2.12. The fourth-order valence-electron chi connectivity index (χ4n) is 1.11. The van der Waals surface area contributed by atoms with Crippen LogP contribution in [0.5, 0.6) is 0 Å². The van der Waals surface area contributed by atoms with Crippen LogP contribution in [0.2, 0.25) is 0 Å². The molecule has 0 fully saturated rings. The molecule has 3 unspecified atom stereocenters. The Balaban J connectivity index is 4.28. The summed E-state index contributed by atoms with van der Waals surface area (Å²) in [7, 11) is 0. The van der Waals surface area contributed by atoms with E-state index in [9.17, 15) is 9.59 Å². The van der Waals surface area contributed by atoms with E-state index in [4.69, 9.17) is 10.2 Å². The standard InChI is InChI=1S/C8H14O4S2/c1-2-4(6(14)8(11)12)3-5(13)7(9)10/h4-6,13-14H,2-3H2,1H3,(H,9,10)(H,11,12). The molecule has 0 amide bonds. The first-order chi connectivity index (χ1) is 6.40. The first-order valence-electron chi connectivity index (χ1n) is 4.21. The molecule has 14 heavy (non-hydrogen) atoms. The lowest BCUT2D eigenvalue weighted by molar-refractivity contribution is -0.139. The van der Waals surface area contributed by atoms with E-state index < -0.39 is 22.4 Å². The van der Waals surface area contributed by atoms with E-state index in [0.29, 0.717) is 6.42 Å². The zero-order valence-electron chi connectivity index (χ0n) is 7.75. The van der Waals surface area contributed by atoms with Crippen molar-refractivity contribution in [2.45, 2.75) is 30.3 Å². The van der Waals surface area contributed by atoms with Crippen molar-refractivity contribution in [3.05, 3.63) is 0 Å². The van der Waals surface area contributed by atoms with Crippen molar-refractivity contribution in [3.8, 4) is 0 Å². The summed E-state index contributed by atoms with van der Waals surface area (Å²) in [6, 6.07) is 0. The first-order valence-corrected chi connectivity index (χ1v) is 5.25. The number of aliphatic carboxylic acids is 2. The Hall–Kier alpha value is -0.360. The lowest BCUT2D eigenvalue weighted by Crippen LogP contribution is -2.28. The van der Waals surface area contributed by atoms with E-state index in [2.05, 4.69) is 25.3 Å². The van der Waals surface area contributed by atoms with E-state index in [0.717, 1.165) is 0 Å². The van der Waals surface area contributed by atoms with Gasteiger partial charge in [-0.1, -0.05) is 13.3 Å². The number of rotatable bonds is 6. The van der Waals surface area contributed by atoms with Crippen LogP contribution in [0.1, 0.15) is 19.8 Å². The van der Waals surface area contributed by atoms with Crippen LogP contribution in [0.4, 0.5) is 0 Å². The highest BCUT2D eigenvalue weighted by Gasteiger charge is 2.27. The van der Waals surface area contributed by atoms with Crippen LogP contribution in [-0.4, -0.2) is 32.7 Å². The van der Waals surface area contributed by atoms with Crippen molar-refractivity contribution in [2.24, 2.45) is 5.92 Å². The Morgan fingerprint density at radius 1 is 1.21 bits per heavy atom. The predicted molar refractivity (Wildman–Crippen MR) is 59.2 cm³/mol. The molecule has 0 spiro atoms. The third-order valence-electron chi connectivity index (χ3n) is 2.03.